The number of nitrogen functional groups attached to an aromatic ring is 1. The molecule has 102 valence electrons. The van der Waals surface area contributed by atoms with Crippen molar-refractivity contribution in [1.29, 1.82) is 0 Å². The number of nitrogens with one attached hydrogen (secondary N) is 1. The monoisotopic (exact) mass is 271 g/mol. The van der Waals surface area contributed by atoms with Crippen molar-refractivity contribution in [3.8, 4) is 0 Å². The standard InChI is InChI=1S/C14H13N3O3/c1-9-8-10(6-7-13(9)17(19)20)14(18)16-12-5-3-2-4-11(12)15/h2-8H,15H2,1H3,(H,16,18). The van der Waals surface area contributed by atoms with Crippen molar-refractivity contribution in [3.63, 3.8) is 0 Å². The maximum Gasteiger partial charge on any atom is 0.272 e. The van der Waals surface area contributed by atoms with Crippen LogP contribution in [-0.4, -0.2) is 10.8 Å². The largest absolute Gasteiger partial charge is 0.397 e. The molecule has 0 aliphatic heterocycles. The van der Waals surface area contributed by atoms with E-state index in [1.54, 1.807) is 31.2 Å². The summed E-state index contributed by atoms with van der Waals surface area (Å²) in [6.45, 7) is 1.59. The molecule has 0 heterocycles. The van der Waals surface area contributed by atoms with Crippen molar-refractivity contribution < 1.29 is 9.72 Å². The molecule has 2 aromatic rings. The molecule has 0 saturated carbocycles. The molecule has 2 rings (SSSR count). The number of nitro benzene ring substituents is 1. The first kappa shape index (κ1) is 13.5. The fraction of sp³-hybridized carbons (Fsp3) is 0.0714. The lowest BCUT2D eigenvalue weighted by Gasteiger charge is -2.08. The van der Waals surface area contributed by atoms with Gasteiger partial charge in [-0.15, -0.1) is 0 Å². The number of hydrogen-bond donors (Lipinski definition) is 2. The molecular weight excluding hydrogens is 258 g/mol. The number of carbonyl (C=O) groups is 1. The zero-order chi connectivity index (χ0) is 14.7. The van der Waals surface area contributed by atoms with E-state index in [2.05, 4.69) is 5.32 Å². The summed E-state index contributed by atoms with van der Waals surface area (Å²) in [7, 11) is 0. The van der Waals surface area contributed by atoms with Crippen molar-refractivity contribution in [1.82, 2.24) is 0 Å². The third-order valence-electron chi connectivity index (χ3n) is 2.86. The van der Waals surface area contributed by atoms with E-state index in [0.29, 0.717) is 22.5 Å². The molecule has 0 aliphatic carbocycles. The van der Waals surface area contributed by atoms with Crippen LogP contribution in [0, 0.1) is 17.0 Å². The number of anilines is 2. The summed E-state index contributed by atoms with van der Waals surface area (Å²) in [6.07, 6.45) is 0. The molecule has 2 aromatic carbocycles. The maximum absolute atomic E-state index is 12.1. The Bertz CT molecular complexity index is 683. The molecule has 0 fully saturated rings. The number of nitrogens with zero attached hydrogens (tertiary/aromatic N) is 1. The summed E-state index contributed by atoms with van der Waals surface area (Å²) in [4.78, 5) is 22.3. The Morgan fingerprint density at radius 2 is 1.95 bits per heavy atom. The number of benzene rings is 2. The molecule has 0 bridgehead atoms. The highest BCUT2D eigenvalue weighted by Crippen LogP contribution is 2.21. The van der Waals surface area contributed by atoms with Gasteiger partial charge in [-0.05, 0) is 31.2 Å². The molecule has 6 nitrogen and oxygen atoms in total. The molecular formula is C14H13N3O3. The van der Waals surface area contributed by atoms with Crippen LogP contribution in [0.4, 0.5) is 17.1 Å². The van der Waals surface area contributed by atoms with Crippen molar-refractivity contribution in [3.05, 3.63) is 63.7 Å². The maximum atomic E-state index is 12.1. The van der Waals surface area contributed by atoms with Crippen molar-refractivity contribution in [2.45, 2.75) is 6.92 Å². The quantitative estimate of drug-likeness (QED) is 0.509. The second-order valence-corrected chi connectivity index (χ2v) is 4.30. The van der Waals surface area contributed by atoms with Gasteiger partial charge >= 0.3 is 0 Å². The summed E-state index contributed by atoms with van der Waals surface area (Å²) in [6, 6.07) is 11.1. The minimum Gasteiger partial charge on any atom is -0.397 e. The lowest BCUT2D eigenvalue weighted by Crippen LogP contribution is -2.13. The van der Waals surface area contributed by atoms with Gasteiger partial charge < -0.3 is 11.1 Å². The minimum absolute atomic E-state index is 0.0132. The van der Waals surface area contributed by atoms with E-state index < -0.39 is 4.92 Å². The van der Waals surface area contributed by atoms with Gasteiger partial charge in [-0.3, -0.25) is 14.9 Å². The minimum atomic E-state index is -0.480. The van der Waals surface area contributed by atoms with E-state index in [4.69, 9.17) is 5.73 Å². The summed E-state index contributed by atoms with van der Waals surface area (Å²) in [5.74, 6) is -0.360. The van der Waals surface area contributed by atoms with Gasteiger partial charge in [0.2, 0.25) is 0 Å². The molecule has 0 saturated heterocycles. The molecule has 0 spiro atoms. The predicted molar refractivity (Wildman–Crippen MR) is 76.6 cm³/mol. The van der Waals surface area contributed by atoms with E-state index >= 15 is 0 Å². The van der Waals surface area contributed by atoms with Crippen molar-refractivity contribution in [2.75, 3.05) is 11.1 Å². The van der Waals surface area contributed by atoms with Crippen LogP contribution in [0.25, 0.3) is 0 Å². The lowest BCUT2D eigenvalue weighted by molar-refractivity contribution is -0.385. The number of carbonyl (C=O) groups excluding carboxylic acids is 1. The molecule has 1 amide bonds. The summed E-state index contributed by atoms with van der Waals surface area (Å²) < 4.78 is 0. The molecule has 0 aromatic heterocycles. The Labute approximate surface area is 115 Å². The van der Waals surface area contributed by atoms with E-state index in [9.17, 15) is 14.9 Å². The first-order valence-corrected chi connectivity index (χ1v) is 5.90. The first-order chi connectivity index (χ1) is 9.49. The van der Waals surface area contributed by atoms with E-state index in [1.807, 2.05) is 0 Å². The lowest BCUT2D eigenvalue weighted by atomic mass is 10.1. The Morgan fingerprint density at radius 3 is 2.55 bits per heavy atom. The topological polar surface area (TPSA) is 98.3 Å². The Morgan fingerprint density at radius 1 is 1.25 bits per heavy atom. The molecule has 20 heavy (non-hydrogen) atoms. The second-order valence-electron chi connectivity index (χ2n) is 4.30. The van der Waals surface area contributed by atoms with Gasteiger partial charge in [-0.25, -0.2) is 0 Å². The van der Waals surface area contributed by atoms with Crippen LogP contribution in [0.1, 0.15) is 15.9 Å². The normalized spacial score (nSPS) is 10.1. The Balaban J connectivity index is 2.24. The van der Waals surface area contributed by atoms with Crippen LogP contribution < -0.4 is 11.1 Å². The third kappa shape index (κ3) is 2.74. The van der Waals surface area contributed by atoms with Gasteiger partial charge in [0, 0.05) is 17.2 Å². The van der Waals surface area contributed by atoms with Gasteiger partial charge in [0.05, 0.1) is 16.3 Å². The van der Waals surface area contributed by atoms with Crippen LogP contribution in [0.15, 0.2) is 42.5 Å². The summed E-state index contributed by atoms with van der Waals surface area (Å²) in [5, 5.41) is 13.4. The van der Waals surface area contributed by atoms with Crippen LogP contribution >= 0.6 is 0 Å². The number of hydrogen-bond acceptors (Lipinski definition) is 4. The van der Waals surface area contributed by atoms with Gasteiger partial charge in [-0.2, -0.15) is 0 Å². The Kier molecular flexibility index (Phi) is 3.65. The number of aryl methyl sites for hydroxylation is 1. The zero-order valence-electron chi connectivity index (χ0n) is 10.8. The smallest absolute Gasteiger partial charge is 0.272 e. The highest BCUT2D eigenvalue weighted by atomic mass is 16.6. The van der Waals surface area contributed by atoms with E-state index in [0.717, 1.165) is 0 Å². The van der Waals surface area contributed by atoms with Gasteiger partial charge in [0.25, 0.3) is 11.6 Å². The number of rotatable bonds is 3. The summed E-state index contributed by atoms with van der Waals surface area (Å²) in [5.41, 5.74) is 7.47. The molecule has 0 unspecified atom stereocenters. The molecule has 0 aliphatic rings. The van der Waals surface area contributed by atoms with Crippen LogP contribution in [-0.2, 0) is 0 Å². The van der Waals surface area contributed by atoms with Gasteiger partial charge in [0.15, 0.2) is 0 Å². The molecule has 6 heteroatoms. The number of nitro groups is 1. The molecule has 3 N–H and O–H groups in total. The zero-order valence-corrected chi connectivity index (χ0v) is 10.8. The van der Waals surface area contributed by atoms with Crippen LogP contribution in [0.5, 0.6) is 0 Å². The van der Waals surface area contributed by atoms with Crippen molar-refractivity contribution >= 4 is 23.0 Å². The highest BCUT2D eigenvalue weighted by Gasteiger charge is 2.14. The summed E-state index contributed by atoms with van der Waals surface area (Å²) >= 11 is 0. The van der Waals surface area contributed by atoms with Crippen molar-refractivity contribution in [2.24, 2.45) is 0 Å². The van der Waals surface area contributed by atoms with Crippen LogP contribution in [0.2, 0.25) is 0 Å². The average molecular weight is 271 g/mol. The van der Waals surface area contributed by atoms with Gasteiger partial charge in [-0.1, -0.05) is 12.1 Å². The average Bonchev–Trinajstić information content (AvgIpc) is 2.40. The highest BCUT2D eigenvalue weighted by molar-refractivity contribution is 6.06. The van der Waals surface area contributed by atoms with Crippen LogP contribution in [0.3, 0.4) is 0 Å². The van der Waals surface area contributed by atoms with Gasteiger partial charge in [0.1, 0.15) is 0 Å². The first-order valence-electron chi connectivity index (χ1n) is 5.90. The predicted octanol–water partition coefficient (Wildman–Crippen LogP) is 2.74. The fourth-order valence-corrected chi connectivity index (χ4v) is 1.81. The number of para-hydroxylation sites is 2. The number of nitrogens with two attached hydrogens (primary N) is 1. The Hall–Kier alpha value is -2.89. The van der Waals surface area contributed by atoms with E-state index in [1.165, 1.54) is 18.2 Å². The third-order valence-corrected chi connectivity index (χ3v) is 2.86. The fourth-order valence-electron chi connectivity index (χ4n) is 1.81. The SMILES string of the molecule is Cc1cc(C(=O)Nc2ccccc2N)ccc1[N+](=O)[O-]. The molecule has 0 radical (unpaired) electrons. The van der Waals surface area contributed by atoms with E-state index in [-0.39, 0.29) is 11.6 Å². The number of amides is 1. The second kappa shape index (κ2) is 5.40. The molecule has 0 atom stereocenters.